The Morgan fingerprint density at radius 3 is 2.79 bits per heavy atom. The number of rotatable bonds is 5. The molecule has 0 unspecified atom stereocenters. The van der Waals surface area contributed by atoms with Crippen LogP contribution in [0.15, 0.2) is 24.3 Å². The van der Waals surface area contributed by atoms with Gasteiger partial charge in [-0.05, 0) is 46.8 Å². The SMILES string of the molecule is CCN(CCN)Cc1cccc(I)c1. The molecule has 3 heteroatoms. The lowest BCUT2D eigenvalue weighted by Gasteiger charge is -2.19. The molecule has 1 rings (SSSR count). The Labute approximate surface area is 99.6 Å². The second kappa shape index (κ2) is 6.37. The Kier molecular flexibility index (Phi) is 5.44. The van der Waals surface area contributed by atoms with E-state index in [4.69, 9.17) is 5.73 Å². The van der Waals surface area contributed by atoms with Crippen LogP contribution in [0.3, 0.4) is 0 Å². The van der Waals surface area contributed by atoms with Gasteiger partial charge in [0.15, 0.2) is 0 Å². The van der Waals surface area contributed by atoms with Crippen molar-refractivity contribution in [3.05, 3.63) is 33.4 Å². The summed E-state index contributed by atoms with van der Waals surface area (Å²) in [6, 6.07) is 8.61. The molecule has 2 nitrogen and oxygen atoms in total. The Morgan fingerprint density at radius 1 is 1.43 bits per heavy atom. The molecule has 1 aromatic carbocycles. The molecule has 0 amide bonds. The van der Waals surface area contributed by atoms with Gasteiger partial charge >= 0.3 is 0 Å². The van der Waals surface area contributed by atoms with Gasteiger partial charge in [-0.3, -0.25) is 4.90 Å². The van der Waals surface area contributed by atoms with Gasteiger partial charge < -0.3 is 5.73 Å². The quantitative estimate of drug-likeness (QED) is 0.844. The Hall–Kier alpha value is -0.130. The van der Waals surface area contributed by atoms with Crippen LogP contribution >= 0.6 is 22.6 Å². The molecule has 0 bridgehead atoms. The molecule has 0 saturated heterocycles. The van der Waals surface area contributed by atoms with Gasteiger partial charge in [0, 0.05) is 23.2 Å². The summed E-state index contributed by atoms with van der Waals surface area (Å²) in [5.41, 5.74) is 6.91. The van der Waals surface area contributed by atoms with Gasteiger partial charge in [0.25, 0.3) is 0 Å². The molecule has 0 saturated carbocycles. The minimum absolute atomic E-state index is 0.734. The predicted molar refractivity (Wildman–Crippen MR) is 69.2 cm³/mol. The third-order valence-corrected chi connectivity index (χ3v) is 2.86. The van der Waals surface area contributed by atoms with Crippen LogP contribution in [0, 0.1) is 3.57 Å². The number of likely N-dealkylation sites (N-methyl/N-ethyl adjacent to an activating group) is 1. The zero-order valence-corrected chi connectivity index (χ0v) is 10.7. The highest BCUT2D eigenvalue weighted by Crippen LogP contribution is 2.09. The second-order valence-corrected chi connectivity index (χ2v) is 4.53. The first-order chi connectivity index (χ1) is 6.76. The number of hydrogen-bond acceptors (Lipinski definition) is 2. The Balaban J connectivity index is 2.57. The third-order valence-electron chi connectivity index (χ3n) is 2.19. The third kappa shape index (κ3) is 3.94. The van der Waals surface area contributed by atoms with Gasteiger partial charge in [-0.2, -0.15) is 0 Å². The molecule has 0 fully saturated rings. The average molecular weight is 304 g/mol. The maximum absolute atomic E-state index is 5.55. The van der Waals surface area contributed by atoms with E-state index in [0.29, 0.717) is 0 Å². The van der Waals surface area contributed by atoms with Gasteiger partial charge in [0.1, 0.15) is 0 Å². The molecular formula is C11H17IN2. The first-order valence-corrected chi connectivity index (χ1v) is 6.01. The molecule has 14 heavy (non-hydrogen) atoms. The largest absolute Gasteiger partial charge is 0.329 e. The standard InChI is InChI=1S/C11H17IN2/c1-2-14(7-6-13)9-10-4-3-5-11(12)8-10/h3-5,8H,2,6-7,9,13H2,1H3. The van der Waals surface area contributed by atoms with Gasteiger partial charge in [0.05, 0.1) is 0 Å². The molecule has 1 aromatic rings. The lowest BCUT2D eigenvalue weighted by Crippen LogP contribution is -2.28. The molecule has 0 spiro atoms. The van der Waals surface area contributed by atoms with Crippen LogP contribution in [-0.4, -0.2) is 24.5 Å². The van der Waals surface area contributed by atoms with Crippen molar-refractivity contribution in [3.8, 4) is 0 Å². The maximum Gasteiger partial charge on any atom is 0.0234 e. The first-order valence-electron chi connectivity index (χ1n) is 4.93. The first kappa shape index (κ1) is 11.9. The fourth-order valence-corrected chi connectivity index (χ4v) is 2.03. The molecule has 0 aromatic heterocycles. The average Bonchev–Trinajstić information content (AvgIpc) is 2.17. The van der Waals surface area contributed by atoms with Gasteiger partial charge in [-0.15, -0.1) is 0 Å². The van der Waals surface area contributed by atoms with Crippen LogP contribution in [0.5, 0.6) is 0 Å². The highest BCUT2D eigenvalue weighted by molar-refractivity contribution is 14.1. The van der Waals surface area contributed by atoms with Crippen LogP contribution in [-0.2, 0) is 6.54 Å². The summed E-state index contributed by atoms with van der Waals surface area (Å²) in [6.07, 6.45) is 0. The molecule has 0 aliphatic heterocycles. The molecule has 0 heterocycles. The number of halogens is 1. The molecule has 0 radical (unpaired) electrons. The van der Waals surface area contributed by atoms with Crippen molar-refractivity contribution in [2.45, 2.75) is 13.5 Å². The van der Waals surface area contributed by atoms with Crippen molar-refractivity contribution in [1.29, 1.82) is 0 Å². The summed E-state index contributed by atoms with van der Waals surface area (Å²) < 4.78 is 1.30. The van der Waals surface area contributed by atoms with E-state index in [2.05, 4.69) is 58.7 Å². The molecular weight excluding hydrogens is 287 g/mol. The fourth-order valence-electron chi connectivity index (χ4n) is 1.43. The summed E-state index contributed by atoms with van der Waals surface area (Å²) in [4.78, 5) is 2.35. The minimum atomic E-state index is 0.734. The van der Waals surface area contributed by atoms with Crippen molar-refractivity contribution >= 4 is 22.6 Å². The summed E-state index contributed by atoms with van der Waals surface area (Å²) in [5, 5.41) is 0. The van der Waals surface area contributed by atoms with E-state index in [-0.39, 0.29) is 0 Å². The zero-order valence-electron chi connectivity index (χ0n) is 8.54. The number of nitrogens with zero attached hydrogens (tertiary/aromatic N) is 1. The smallest absolute Gasteiger partial charge is 0.0234 e. The van der Waals surface area contributed by atoms with Crippen LogP contribution < -0.4 is 5.73 Å². The van der Waals surface area contributed by atoms with E-state index in [1.807, 2.05) is 0 Å². The van der Waals surface area contributed by atoms with Gasteiger partial charge in [0.2, 0.25) is 0 Å². The van der Waals surface area contributed by atoms with Crippen LogP contribution in [0.4, 0.5) is 0 Å². The number of benzene rings is 1. The topological polar surface area (TPSA) is 29.3 Å². The van der Waals surface area contributed by atoms with Crippen molar-refractivity contribution in [1.82, 2.24) is 4.90 Å². The van der Waals surface area contributed by atoms with Gasteiger partial charge in [-0.25, -0.2) is 0 Å². The Bertz CT molecular complexity index is 276. The van der Waals surface area contributed by atoms with E-state index < -0.39 is 0 Å². The normalized spacial score (nSPS) is 10.9. The number of nitrogens with two attached hydrogens (primary N) is 1. The van der Waals surface area contributed by atoms with E-state index in [9.17, 15) is 0 Å². The molecule has 78 valence electrons. The summed E-state index contributed by atoms with van der Waals surface area (Å²) in [6.45, 7) is 5.94. The maximum atomic E-state index is 5.55. The van der Waals surface area contributed by atoms with Crippen LogP contribution in [0.1, 0.15) is 12.5 Å². The summed E-state index contributed by atoms with van der Waals surface area (Å²) in [7, 11) is 0. The highest BCUT2D eigenvalue weighted by Gasteiger charge is 2.02. The summed E-state index contributed by atoms with van der Waals surface area (Å²) in [5.74, 6) is 0. The number of hydrogen-bond donors (Lipinski definition) is 1. The van der Waals surface area contributed by atoms with Crippen molar-refractivity contribution in [2.75, 3.05) is 19.6 Å². The summed E-state index contributed by atoms with van der Waals surface area (Å²) >= 11 is 2.34. The molecule has 0 aliphatic carbocycles. The van der Waals surface area contributed by atoms with Crippen LogP contribution in [0.2, 0.25) is 0 Å². The van der Waals surface area contributed by atoms with E-state index in [1.165, 1.54) is 9.13 Å². The highest BCUT2D eigenvalue weighted by atomic mass is 127. The second-order valence-electron chi connectivity index (χ2n) is 3.29. The van der Waals surface area contributed by atoms with E-state index in [0.717, 1.165) is 26.2 Å². The predicted octanol–water partition coefficient (Wildman–Crippen LogP) is 2.07. The van der Waals surface area contributed by atoms with Crippen molar-refractivity contribution in [2.24, 2.45) is 5.73 Å². The van der Waals surface area contributed by atoms with E-state index >= 15 is 0 Å². The van der Waals surface area contributed by atoms with Crippen LogP contribution in [0.25, 0.3) is 0 Å². The fraction of sp³-hybridized carbons (Fsp3) is 0.455. The minimum Gasteiger partial charge on any atom is -0.329 e. The van der Waals surface area contributed by atoms with Crippen molar-refractivity contribution in [3.63, 3.8) is 0 Å². The lowest BCUT2D eigenvalue weighted by atomic mass is 10.2. The molecule has 0 aliphatic rings. The lowest BCUT2D eigenvalue weighted by molar-refractivity contribution is 0.288. The van der Waals surface area contributed by atoms with Crippen molar-refractivity contribution < 1.29 is 0 Å². The zero-order chi connectivity index (χ0) is 10.4. The van der Waals surface area contributed by atoms with Gasteiger partial charge in [-0.1, -0.05) is 19.1 Å². The van der Waals surface area contributed by atoms with E-state index in [1.54, 1.807) is 0 Å². The Morgan fingerprint density at radius 2 is 2.21 bits per heavy atom. The monoisotopic (exact) mass is 304 g/mol. The molecule has 0 atom stereocenters. The molecule has 2 N–H and O–H groups in total.